The molecule has 0 rings (SSSR count). The van der Waals surface area contributed by atoms with Gasteiger partial charge in [0.05, 0.1) is 0 Å². The topological polar surface area (TPSA) is 156 Å². The number of amides is 1. The summed E-state index contributed by atoms with van der Waals surface area (Å²) in [5.41, 5.74) is 0. The van der Waals surface area contributed by atoms with Crippen molar-refractivity contribution in [1.82, 2.24) is 5.32 Å². The van der Waals surface area contributed by atoms with Crippen molar-refractivity contribution in [3.8, 4) is 0 Å². The molecule has 0 aliphatic rings. The Balaban J connectivity index is 4.62. The van der Waals surface area contributed by atoms with Gasteiger partial charge in [-0.15, -0.1) is 0 Å². The number of carbonyl (C=O) groups excluding carboxylic acids is 3. The number of unbranched alkanes of at least 4 members (excludes halogenated alkanes) is 24. The Morgan fingerprint density at radius 3 is 1.29 bits per heavy atom. The Bertz CT molecular complexity index is 979. The summed E-state index contributed by atoms with van der Waals surface area (Å²) < 4.78 is 11.6. The summed E-state index contributed by atoms with van der Waals surface area (Å²) >= 11 is 1.36. The van der Waals surface area contributed by atoms with Gasteiger partial charge in [0.25, 0.3) is 0 Å². The average Bonchev–Trinajstić information content (AvgIpc) is 3.14. The van der Waals surface area contributed by atoms with E-state index in [4.69, 9.17) is 14.6 Å². The summed E-state index contributed by atoms with van der Waals surface area (Å²) in [5.74, 6) is -2.92. The maximum absolute atomic E-state index is 12.9. The predicted molar refractivity (Wildman–Crippen MR) is 224 cm³/mol. The molecule has 0 aromatic rings. The molecule has 0 fully saturated rings. The molecule has 0 saturated carbocycles. The van der Waals surface area contributed by atoms with Crippen LogP contribution in [0.3, 0.4) is 0 Å². The molecule has 0 saturated heterocycles. The molecule has 10 nitrogen and oxygen atoms in total. The van der Waals surface area contributed by atoms with Crippen molar-refractivity contribution >= 4 is 41.5 Å². The molecule has 3 atom stereocenters. The molecular formula is C44H81NO9S. The minimum Gasteiger partial charge on any atom is -0.481 e. The molecule has 11 heteroatoms. The van der Waals surface area contributed by atoms with Gasteiger partial charge < -0.3 is 25.0 Å². The molecule has 1 amide bonds. The van der Waals surface area contributed by atoms with Crippen LogP contribution >= 0.6 is 11.8 Å². The Labute approximate surface area is 339 Å². The minimum absolute atomic E-state index is 0.00829. The van der Waals surface area contributed by atoms with Gasteiger partial charge in [-0.3, -0.25) is 19.2 Å². The largest absolute Gasteiger partial charge is 0.481 e. The summed E-state index contributed by atoms with van der Waals surface area (Å²) in [6, 6.07) is -1.28. The molecule has 0 aromatic heterocycles. The number of carboxylic acid groups (broad SMARTS) is 2. The molecular weight excluding hydrogens is 719 g/mol. The van der Waals surface area contributed by atoms with E-state index in [9.17, 15) is 29.1 Å². The van der Waals surface area contributed by atoms with Crippen molar-refractivity contribution < 1.29 is 43.7 Å². The quantitative estimate of drug-likeness (QED) is 0.0402. The molecule has 0 spiro atoms. The van der Waals surface area contributed by atoms with Crippen LogP contribution < -0.4 is 5.32 Å². The van der Waals surface area contributed by atoms with Crippen molar-refractivity contribution in [3.63, 3.8) is 0 Å². The summed E-state index contributed by atoms with van der Waals surface area (Å²) in [7, 11) is 0. The van der Waals surface area contributed by atoms with E-state index in [-0.39, 0.29) is 31.2 Å². The van der Waals surface area contributed by atoms with Crippen LogP contribution in [0, 0.1) is 0 Å². The molecule has 0 radical (unpaired) electrons. The number of carbonyl (C=O) groups is 5. The first-order chi connectivity index (χ1) is 26.6. The zero-order valence-corrected chi connectivity index (χ0v) is 36.0. The van der Waals surface area contributed by atoms with Crippen molar-refractivity contribution in [2.45, 2.75) is 238 Å². The zero-order valence-electron chi connectivity index (χ0n) is 35.2. The maximum atomic E-state index is 12.9. The number of ether oxygens (including phenoxy) is 2. The molecule has 0 aliphatic carbocycles. The van der Waals surface area contributed by atoms with Crippen molar-refractivity contribution in [2.75, 3.05) is 11.5 Å². The average molecular weight is 800 g/mol. The van der Waals surface area contributed by atoms with Crippen LogP contribution in [0.1, 0.15) is 220 Å². The number of hydrogen-bond donors (Lipinski definition) is 3. The van der Waals surface area contributed by atoms with Crippen molar-refractivity contribution in [2.24, 2.45) is 0 Å². The number of carboxylic acids is 2. The van der Waals surface area contributed by atoms with E-state index in [0.29, 0.717) is 24.3 Å². The monoisotopic (exact) mass is 800 g/mol. The fraction of sp³-hybridized carbons (Fsp3) is 0.886. The van der Waals surface area contributed by atoms with Gasteiger partial charge in [0.2, 0.25) is 5.91 Å². The van der Waals surface area contributed by atoms with Crippen LogP contribution in [0.5, 0.6) is 0 Å². The van der Waals surface area contributed by atoms with E-state index >= 15 is 0 Å². The third kappa shape index (κ3) is 35.8. The first kappa shape index (κ1) is 52.7. The number of hydrogen-bond acceptors (Lipinski definition) is 8. The smallest absolute Gasteiger partial charge is 0.326 e. The van der Waals surface area contributed by atoms with Crippen molar-refractivity contribution in [1.29, 1.82) is 0 Å². The van der Waals surface area contributed by atoms with Crippen LogP contribution in [0.25, 0.3) is 0 Å². The molecule has 3 unspecified atom stereocenters. The Morgan fingerprint density at radius 2 is 0.909 bits per heavy atom. The number of aliphatic carboxylic acids is 2. The highest BCUT2D eigenvalue weighted by Gasteiger charge is 2.26. The number of nitrogens with one attached hydrogen (secondary N) is 1. The summed E-state index contributed by atoms with van der Waals surface area (Å²) in [6.45, 7) is 6.22. The lowest BCUT2D eigenvalue weighted by Crippen LogP contribution is -2.41. The van der Waals surface area contributed by atoms with Crippen LogP contribution in [0.2, 0.25) is 0 Å². The number of rotatable bonds is 41. The van der Waals surface area contributed by atoms with Crippen LogP contribution in [-0.4, -0.2) is 69.8 Å². The SMILES string of the molecule is CCCCCCCCCCCCCCCC(=O)OC(C)C(CSCCC(=O)NC(CCC(=O)O)C(=O)O)OC(=O)CCCCCCCCCCCCCCC. The van der Waals surface area contributed by atoms with Gasteiger partial charge in [-0.2, -0.15) is 11.8 Å². The molecule has 322 valence electrons. The summed E-state index contributed by atoms with van der Waals surface area (Å²) in [5, 5.41) is 20.6. The predicted octanol–water partition coefficient (Wildman–Crippen LogP) is 11.3. The van der Waals surface area contributed by atoms with Crippen LogP contribution in [0.4, 0.5) is 0 Å². The molecule has 0 bridgehead atoms. The standard InChI is InChI=1S/C44H81NO9S/c1-4-6-8-10-12-14-16-18-20-22-24-26-28-30-42(49)53-37(3)39(36-55-35-34-40(46)45-38(44(51)52)32-33-41(47)48)54-43(50)31-29-27-25-23-21-19-17-15-13-11-9-7-5-2/h37-39H,4-36H2,1-3H3,(H,45,46)(H,47,48)(H,51,52). The van der Waals surface area contributed by atoms with Gasteiger partial charge in [0, 0.05) is 37.2 Å². The van der Waals surface area contributed by atoms with Crippen LogP contribution in [0.15, 0.2) is 0 Å². The number of thioether (sulfide) groups is 1. The van der Waals surface area contributed by atoms with Gasteiger partial charge in [0.1, 0.15) is 18.2 Å². The highest BCUT2D eigenvalue weighted by Crippen LogP contribution is 2.18. The van der Waals surface area contributed by atoms with Gasteiger partial charge in [0.15, 0.2) is 0 Å². The number of esters is 2. The summed E-state index contributed by atoms with van der Waals surface area (Å²) in [6.07, 6.45) is 30.5. The van der Waals surface area contributed by atoms with Gasteiger partial charge >= 0.3 is 23.9 Å². The van der Waals surface area contributed by atoms with E-state index in [2.05, 4.69) is 19.2 Å². The van der Waals surface area contributed by atoms with E-state index in [1.807, 2.05) is 0 Å². The lowest BCUT2D eigenvalue weighted by Gasteiger charge is -2.24. The molecule has 0 aliphatic heterocycles. The highest BCUT2D eigenvalue weighted by atomic mass is 32.2. The Morgan fingerprint density at radius 1 is 0.527 bits per heavy atom. The first-order valence-electron chi connectivity index (χ1n) is 22.3. The zero-order chi connectivity index (χ0) is 40.8. The molecule has 0 heterocycles. The Kier molecular flexibility index (Phi) is 37.0. The first-order valence-corrected chi connectivity index (χ1v) is 23.5. The third-order valence-corrected chi connectivity index (χ3v) is 11.2. The van der Waals surface area contributed by atoms with Crippen molar-refractivity contribution in [3.05, 3.63) is 0 Å². The second-order valence-electron chi connectivity index (χ2n) is 15.4. The van der Waals surface area contributed by atoms with Gasteiger partial charge in [-0.25, -0.2) is 4.79 Å². The fourth-order valence-electron chi connectivity index (χ4n) is 6.57. The van der Waals surface area contributed by atoms with E-state index in [0.717, 1.165) is 38.5 Å². The Hall–Kier alpha value is -2.30. The van der Waals surface area contributed by atoms with E-state index in [1.165, 1.54) is 140 Å². The molecule has 0 aromatic carbocycles. The lowest BCUT2D eigenvalue weighted by atomic mass is 10.0. The maximum Gasteiger partial charge on any atom is 0.326 e. The second-order valence-corrected chi connectivity index (χ2v) is 16.6. The normalized spacial score (nSPS) is 12.9. The highest BCUT2D eigenvalue weighted by molar-refractivity contribution is 7.99. The lowest BCUT2D eigenvalue weighted by molar-refractivity contribution is -0.165. The third-order valence-electron chi connectivity index (χ3n) is 10.1. The summed E-state index contributed by atoms with van der Waals surface area (Å²) in [4.78, 5) is 60.2. The van der Waals surface area contributed by atoms with E-state index in [1.54, 1.807) is 6.92 Å². The van der Waals surface area contributed by atoms with Gasteiger partial charge in [-0.05, 0) is 26.2 Å². The fourth-order valence-corrected chi connectivity index (χ4v) is 7.63. The van der Waals surface area contributed by atoms with E-state index < -0.39 is 36.1 Å². The van der Waals surface area contributed by atoms with Gasteiger partial charge in [-0.1, -0.05) is 168 Å². The minimum atomic E-state index is -1.29. The molecule has 3 N–H and O–H groups in total. The second kappa shape index (κ2) is 38.6. The molecule has 55 heavy (non-hydrogen) atoms. The van der Waals surface area contributed by atoms with Crippen LogP contribution in [-0.2, 0) is 33.4 Å².